The molecule has 2 rings (SSSR count). The smallest absolute Gasteiger partial charge is 0.341 e. The van der Waals surface area contributed by atoms with Crippen LogP contribution in [0.3, 0.4) is 0 Å². The molecule has 0 atom stereocenters. The topological polar surface area (TPSA) is 90.4 Å². The highest BCUT2D eigenvalue weighted by Crippen LogP contribution is 2.28. The monoisotopic (exact) mass is 402 g/mol. The fourth-order valence-electron chi connectivity index (χ4n) is 1.85. The van der Waals surface area contributed by atoms with Gasteiger partial charge in [-0.3, -0.25) is 4.79 Å². The van der Waals surface area contributed by atoms with E-state index in [4.69, 9.17) is 4.74 Å². The molecule has 7 nitrogen and oxygen atoms in total. The summed E-state index contributed by atoms with van der Waals surface area (Å²) in [6.45, 7) is 0. The van der Waals surface area contributed by atoms with Crippen LogP contribution in [0.25, 0.3) is 5.69 Å². The van der Waals surface area contributed by atoms with Gasteiger partial charge in [-0.05, 0) is 34.7 Å². The summed E-state index contributed by atoms with van der Waals surface area (Å²) in [5.41, 5.74) is -0.709. The molecule has 0 amide bonds. The first kappa shape index (κ1) is 15.3. The van der Waals surface area contributed by atoms with E-state index in [0.29, 0.717) is 9.32 Å². The van der Waals surface area contributed by atoms with E-state index in [9.17, 15) is 14.4 Å². The Morgan fingerprint density at radius 1 is 1.29 bits per heavy atom. The summed E-state index contributed by atoms with van der Waals surface area (Å²) in [7, 11) is 2.66. The van der Waals surface area contributed by atoms with Crippen LogP contribution in [-0.2, 0) is 4.74 Å². The van der Waals surface area contributed by atoms with Gasteiger partial charge in [-0.15, -0.1) is 0 Å². The summed E-state index contributed by atoms with van der Waals surface area (Å²) in [4.78, 5) is 37.9. The number of aromatic amines is 1. The number of methoxy groups -OCH3 is 2. The lowest BCUT2D eigenvalue weighted by atomic mass is 10.1. The molecule has 8 heteroatoms. The Balaban J connectivity index is 2.78. The van der Waals surface area contributed by atoms with Crippen LogP contribution in [-0.4, -0.2) is 29.7 Å². The van der Waals surface area contributed by atoms with Gasteiger partial charge in [0, 0.05) is 12.3 Å². The number of halogens is 1. The van der Waals surface area contributed by atoms with Crippen molar-refractivity contribution in [3.05, 3.63) is 54.4 Å². The number of benzene rings is 1. The minimum Gasteiger partial charge on any atom is -0.495 e. The molecule has 0 aliphatic rings. The predicted octanol–water partition coefficient (Wildman–Crippen LogP) is 0.926. The first-order valence-corrected chi connectivity index (χ1v) is 6.84. The molecule has 0 bridgehead atoms. The van der Waals surface area contributed by atoms with Gasteiger partial charge in [0.2, 0.25) is 0 Å². The van der Waals surface area contributed by atoms with Crippen molar-refractivity contribution in [2.75, 3.05) is 14.2 Å². The Kier molecular flexibility index (Phi) is 4.46. The van der Waals surface area contributed by atoms with Gasteiger partial charge in [-0.25, -0.2) is 14.2 Å². The summed E-state index contributed by atoms with van der Waals surface area (Å²) in [6.07, 6.45) is 1.26. The van der Waals surface area contributed by atoms with E-state index in [2.05, 4.69) is 9.72 Å². The van der Waals surface area contributed by atoms with Crippen molar-refractivity contribution >= 4 is 28.6 Å². The molecule has 0 spiro atoms. The highest BCUT2D eigenvalue weighted by atomic mass is 127. The maximum Gasteiger partial charge on any atom is 0.341 e. The minimum atomic E-state index is -0.618. The molecule has 0 aliphatic heterocycles. The number of ether oxygens (including phenoxy) is 2. The van der Waals surface area contributed by atoms with Crippen LogP contribution in [0.5, 0.6) is 5.75 Å². The number of hydrogen-bond acceptors (Lipinski definition) is 5. The lowest BCUT2D eigenvalue weighted by molar-refractivity contribution is 0.0597. The third-order valence-electron chi connectivity index (χ3n) is 2.75. The van der Waals surface area contributed by atoms with Gasteiger partial charge in [-0.2, -0.15) is 0 Å². The SMILES string of the molecule is COC(=O)c1cc(-n2c(=O)cc[nH]c2=O)cc(I)c1OC. The molecule has 1 aromatic carbocycles. The van der Waals surface area contributed by atoms with Crippen molar-refractivity contribution < 1.29 is 14.3 Å². The maximum absolute atomic E-state index is 11.9. The zero-order chi connectivity index (χ0) is 15.6. The van der Waals surface area contributed by atoms with Crippen molar-refractivity contribution in [3.8, 4) is 11.4 Å². The maximum atomic E-state index is 11.9. The first-order valence-electron chi connectivity index (χ1n) is 5.76. The van der Waals surface area contributed by atoms with Crippen LogP contribution < -0.4 is 16.0 Å². The predicted molar refractivity (Wildman–Crippen MR) is 83.3 cm³/mol. The number of H-pyrrole nitrogens is 1. The lowest BCUT2D eigenvalue weighted by Gasteiger charge is -2.12. The molecule has 0 unspecified atom stereocenters. The number of nitrogens with one attached hydrogen (secondary N) is 1. The third kappa shape index (κ3) is 2.84. The minimum absolute atomic E-state index is 0.136. The second-order valence-corrected chi connectivity index (χ2v) is 5.12. The average Bonchev–Trinajstić information content (AvgIpc) is 2.45. The zero-order valence-electron chi connectivity index (χ0n) is 11.2. The molecule has 0 radical (unpaired) electrons. The number of aromatic nitrogens is 2. The molecule has 1 heterocycles. The third-order valence-corrected chi connectivity index (χ3v) is 3.55. The fourth-order valence-corrected chi connectivity index (χ4v) is 2.67. The van der Waals surface area contributed by atoms with Crippen LogP contribution in [0.2, 0.25) is 0 Å². The Labute approximate surface area is 132 Å². The van der Waals surface area contributed by atoms with Crippen molar-refractivity contribution in [2.24, 2.45) is 0 Å². The number of hydrogen-bond donors (Lipinski definition) is 1. The van der Waals surface area contributed by atoms with E-state index in [1.165, 1.54) is 32.5 Å². The number of esters is 1. The fraction of sp³-hybridized carbons (Fsp3) is 0.154. The summed E-state index contributed by atoms with van der Waals surface area (Å²) >= 11 is 1.95. The van der Waals surface area contributed by atoms with Crippen molar-refractivity contribution in [1.29, 1.82) is 0 Å². The van der Waals surface area contributed by atoms with E-state index in [-0.39, 0.29) is 11.3 Å². The lowest BCUT2D eigenvalue weighted by Crippen LogP contribution is -2.32. The van der Waals surface area contributed by atoms with Gasteiger partial charge in [-0.1, -0.05) is 0 Å². The largest absolute Gasteiger partial charge is 0.495 e. The Bertz CT molecular complexity index is 781. The van der Waals surface area contributed by atoms with Crippen molar-refractivity contribution in [2.45, 2.75) is 0 Å². The second kappa shape index (κ2) is 6.12. The van der Waals surface area contributed by atoms with E-state index < -0.39 is 17.2 Å². The quantitative estimate of drug-likeness (QED) is 0.610. The summed E-state index contributed by atoms with van der Waals surface area (Å²) in [6, 6.07) is 4.17. The Hall–Kier alpha value is -2.10. The van der Waals surface area contributed by atoms with Gasteiger partial charge in [0.25, 0.3) is 5.56 Å². The van der Waals surface area contributed by atoms with Gasteiger partial charge in [0.15, 0.2) is 0 Å². The number of nitrogens with zero attached hydrogens (tertiary/aromatic N) is 1. The van der Waals surface area contributed by atoms with Crippen LogP contribution in [0.15, 0.2) is 34.0 Å². The number of carbonyl (C=O) groups excluding carboxylic acids is 1. The molecular weight excluding hydrogens is 391 g/mol. The summed E-state index contributed by atoms with van der Waals surface area (Å²) < 4.78 is 11.4. The molecule has 1 aromatic heterocycles. The summed E-state index contributed by atoms with van der Waals surface area (Å²) in [5, 5.41) is 0. The number of rotatable bonds is 3. The van der Waals surface area contributed by atoms with Gasteiger partial charge < -0.3 is 14.5 Å². The molecule has 0 fully saturated rings. The molecule has 2 aromatic rings. The highest BCUT2D eigenvalue weighted by Gasteiger charge is 2.19. The normalized spacial score (nSPS) is 10.2. The first-order chi connectivity index (χ1) is 9.99. The zero-order valence-corrected chi connectivity index (χ0v) is 13.3. The van der Waals surface area contributed by atoms with Gasteiger partial charge >= 0.3 is 11.7 Å². The van der Waals surface area contributed by atoms with Gasteiger partial charge in [0.1, 0.15) is 11.3 Å². The summed E-state index contributed by atoms with van der Waals surface area (Å²) in [5.74, 6) is -0.293. The molecular formula is C13H11IN2O5. The van der Waals surface area contributed by atoms with Crippen LogP contribution in [0, 0.1) is 3.57 Å². The Morgan fingerprint density at radius 2 is 2.00 bits per heavy atom. The molecule has 0 saturated heterocycles. The molecule has 1 N–H and O–H groups in total. The van der Waals surface area contributed by atoms with E-state index in [1.807, 2.05) is 22.6 Å². The van der Waals surface area contributed by atoms with E-state index >= 15 is 0 Å². The van der Waals surface area contributed by atoms with Gasteiger partial charge in [0.05, 0.1) is 23.5 Å². The van der Waals surface area contributed by atoms with E-state index in [1.54, 1.807) is 6.07 Å². The van der Waals surface area contributed by atoms with Crippen molar-refractivity contribution in [3.63, 3.8) is 0 Å². The molecule has 0 aliphatic carbocycles. The molecule has 110 valence electrons. The highest BCUT2D eigenvalue weighted by molar-refractivity contribution is 14.1. The molecule has 0 saturated carbocycles. The Morgan fingerprint density at radius 3 is 2.57 bits per heavy atom. The number of carbonyl (C=O) groups is 1. The van der Waals surface area contributed by atoms with Crippen LogP contribution in [0.1, 0.15) is 10.4 Å². The average molecular weight is 402 g/mol. The van der Waals surface area contributed by atoms with Crippen LogP contribution >= 0.6 is 22.6 Å². The molecule has 21 heavy (non-hydrogen) atoms. The van der Waals surface area contributed by atoms with E-state index in [0.717, 1.165) is 4.57 Å². The standard InChI is InChI=1S/C13H11IN2O5/c1-20-11-8(12(18)21-2)5-7(6-9(11)14)16-10(17)3-4-15-13(16)19/h3-6H,1-2H3,(H,15,19). The van der Waals surface area contributed by atoms with Crippen molar-refractivity contribution in [1.82, 2.24) is 9.55 Å². The second-order valence-electron chi connectivity index (χ2n) is 3.96. The van der Waals surface area contributed by atoms with Crippen LogP contribution in [0.4, 0.5) is 0 Å².